The number of nitrogens with zero attached hydrogens (tertiary/aromatic N) is 3. The van der Waals surface area contributed by atoms with Crippen LogP contribution in [-0.2, 0) is 17.9 Å². The standard InChI is InChI=1S/C20H24N4O3/c1-16(25)21-14-17-7-8-18(20(13-17)24(26)27)15-22-9-11-23(12-10-22)19-5-3-2-4-6-19/h2-8,13H,9-12,14-15H2,1H3,(H,21,25). The van der Waals surface area contributed by atoms with Crippen molar-refractivity contribution >= 4 is 17.3 Å². The third-order valence-electron chi connectivity index (χ3n) is 4.78. The summed E-state index contributed by atoms with van der Waals surface area (Å²) in [5.74, 6) is -0.155. The highest BCUT2D eigenvalue weighted by Crippen LogP contribution is 2.23. The first-order valence-electron chi connectivity index (χ1n) is 9.06. The number of benzene rings is 2. The van der Waals surface area contributed by atoms with E-state index >= 15 is 0 Å². The average Bonchev–Trinajstić information content (AvgIpc) is 2.68. The molecule has 1 saturated heterocycles. The maximum Gasteiger partial charge on any atom is 0.274 e. The number of para-hydroxylation sites is 1. The van der Waals surface area contributed by atoms with Crippen LogP contribution >= 0.6 is 0 Å². The van der Waals surface area contributed by atoms with Gasteiger partial charge in [-0.15, -0.1) is 0 Å². The molecule has 0 saturated carbocycles. The molecule has 0 atom stereocenters. The van der Waals surface area contributed by atoms with Crippen molar-refractivity contribution in [1.29, 1.82) is 0 Å². The quantitative estimate of drug-likeness (QED) is 0.626. The zero-order valence-electron chi connectivity index (χ0n) is 15.4. The Kier molecular flexibility index (Phi) is 6.03. The minimum absolute atomic E-state index is 0.114. The summed E-state index contributed by atoms with van der Waals surface area (Å²) in [7, 11) is 0. The molecule has 3 rings (SSSR count). The second-order valence-electron chi connectivity index (χ2n) is 6.73. The van der Waals surface area contributed by atoms with Gasteiger partial charge in [-0.25, -0.2) is 0 Å². The number of amides is 1. The van der Waals surface area contributed by atoms with Gasteiger partial charge in [-0.3, -0.25) is 19.8 Å². The van der Waals surface area contributed by atoms with Crippen molar-refractivity contribution in [2.45, 2.75) is 20.0 Å². The number of anilines is 1. The third kappa shape index (κ3) is 5.04. The number of hydrogen-bond donors (Lipinski definition) is 1. The van der Waals surface area contributed by atoms with E-state index in [0.717, 1.165) is 31.7 Å². The summed E-state index contributed by atoms with van der Waals surface area (Å²) in [5.41, 5.74) is 2.77. The summed E-state index contributed by atoms with van der Waals surface area (Å²) in [5, 5.41) is 14.2. The van der Waals surface area contributed by atoms with Gasteiger partial charge in [-0.2, -0.15) is 0 Å². The van der Waals surface area contributed by atoms with Crippen LogP contribution in [0.25, 0.3) is 0 Å². The molecule has 142 valence electrons. The molecule has 1 aliphatic heterocycles. The molecule has 1 N–H and O–H groups in total. The topological polar surface area (TPSA) is 78.7 Å². The van der Waals surface area contributed by atoms with E-state index in [2.05, 4.69) is 27.2 Å². The van der Waals surface area contributed by atoms with Gasteiger partial charge < -0.3 is 10.2 Å². The molecule has 0 aliphatic carbocycles. The molecule has 0 bridgehead atoms. The Morgan fingerprint density at radius 3 is 2.44 bits per heavy atom. The molecule has 27 heavy (non-hydrogen) atoms. The SMILES string of the molecule is CC(=O)NCc1ccc(CN2CCN(c3ccccc3)CC2)c([N+](=O)[O-])c1. The summed E-state index contributed by atoms with van der Waals surface area (Å²) >= 11 is 0. The average molecular weight is 368 g/mol. The number of carbonyl (C=O) groups excluding carboxylic acids is 1. The monoisotopic (exact) mass is 368 g/mol. The van der Waals surface area contributed by atoms with E-state index in [-0.39, 0.29) is 16.5 Å². The lowest BCUT2D eigenvalue weighted by Crippen LogP contribution is -2.46. The fraction of sp³-hybridized carbons (Fsp3) is 0.350. The van der Waals surface area contributed by atoms with Crippen LogP contribution in [0.2, 0.25) is 0 Å². The normalized spacial score (nSPS) is 14.8. The van der Waals surface area contributed by atoms with Gasteiger partial charge in [0.2, 0.25) is 5.91 Å². The predicted octanol–water partition coefficient (Wildman–Crippen LogP) is 2.55. The molecular weight excluding hydrogens is 344 g/mol. The minimum atomic E-state index is -0.340. The molecule has 0 radical (unpaired) electrons. The summed E-state index contributed by atoms with van der Waals surface area (Å²) in [4.78, 5) is 26.8. The van der Waals surface area contributed by atoms with Crippen LogP contribution in [0.15, 0.2) is 48.5 Å². The zero-order chi connectivity index (χ0) is 19.2. The van der Waals surface area contributed by atoms with Crippen molar-refractivity contribution in [1.82, 2.24) is 10.2 Å². The van der Waals surface area contributed by atoms with Crippen LogP contribution < -0.4 is 10.2 Å². The van der Waals surface area contributed by atoms with E-state index in [1.807, 2.05) is 24.3 Å². The summed E-state index contributed by atoms with van der Waals surface area (Å²) in [6.07, 6.45) is 0. The number of nitro groups is 1. The largest absolute Gasteiger partial charge is 0.369 e. The highest BCUT2D eigenvalue weighted by molar-refractivity contribution is 5.72. The first-order valence-corrected chi connectivity index (χ1v) is 9.06. The molecule has 2 aromatic rings. The molecule has 1 heterocycles. The second-order valence-corrected chi connectivity index (χ2v) is 6.73. The molecule has 0 spiro atoms. The molecular formula is C20H24N4O3. The predicted molar refractivity (Wildman–Crippen MR) is 105 cm³/mol. The van der Waals surface area contributed by atoms with Crippen LogP contribution in [-0.4, -0.2) is 41.9 Å². The van der Waals surface area contributed by atoms with Crippen molar-refractivity contribution in [2.75, 3.05) is 31.1 Å². The number of rotatable bonds is 6. The van der Waals surface area contributed by atoms with Crippen LogP contribution in [0, 0.1) is 10.1 Å². The van der Waals surface area contributed by atoms with Crippen molar-refractivity contribution in [3.63, 3.8) is 0 Å². The maximum absolute atomic E-state index is 11.5. The van der Waals surface area contributed by atoms with E-state index < -0.39 is 0 Å². The number of nitrogens with one attached hydrogen (secondary N) is 1. The number of piperazine rings is 1. The van der Waals surface area contributed by atoms with E-state index in [4.69, 9.17) is 0 Å². The number of carbonyl (C=O) groups is 1. The van der Waals surface area contributed by atoms with Gasteiger partial charge in [-0.05, 0) is 17.7 Å². The Bertz CT molecular complexity index is 802. The van der Waals surface area contributed by atoms with Gasteiger partial charge in [0.05, 0.1) is 4.92 Å². The molecule has 0 unspecified atom stereocenters. The van der Waals surface area contributed by atoms with Crippen LogP contribution in [0.5, 0.6) is 0 Å². The Morgan fingerprint density at radius 2 is 1.81 bits per heavy atom. The Morgan fingerprint density at radius 1 is 1.11 bits per heavy atom. The van der Waals surface area contributed by atoms with Crippen molar-refractivity contribution < 1.29 is 9.72 Å². The highest BCUT2D eigenvalue weighted by atomic mass is 16.6. The van der Waals surface area contributed by atoms with Gasteiger partial charge in [0, 0.05) is 63.5 Å². The molecule has 7 nitrogen and oxygen atoms in total. The first-order chi connectivity index (χ1) is 13.0. The fourth-order valence-corrected chi connectivity index (χ4v) is 3.29. The lowest BCUT2D eigenvalue weighted by Gasteiger charge is -2.36. The summed E-state index contributed by atoms with van der Waals surface area (Å²) in [6.45, 7) is 5.81. The lowest BCUT2D eigenvalue weighted by atomic mass is 10.1. The smallest absolute Gasteiger partial charge is 0.274 e. The lowest BCUT2D eigenvalue weighted by molar-refractivity contribution is -0.385. The Balaban J connectivity index is 1.63. The van der Waals surface area contributed by atoms with Gasteiger partial charge in [0.15, 0.2) is 0 Å². The van der Waals surface area contributed by atoms with E-state index in [1.54, 1.807) is 12.1 Å². The van der Waals surface area contributed by atoms with E-state index in [1.165, 1.54) is 12.6 Å². The highest BCUT2D eigenvalue weighted by Gasteiger charge is 2.21. The number of hydrogen-bond acceptors (Lipinski definition) is 5. The van der Waals surface area contributed by atoms with Crippen molar-refractivity contribution in [3.05, 3.63) is 69.8 Å². The molecule has 1 aliphatic rings. The van der Waals surface area contributed by atoms with Crippen molar-refractivity contribution in [3.8, 4) is 0 Å². The van der Waals surface area contributed by atoms with Gasteiger partial charge in [0.1, 0.15) is 0 Å². The Labute approximate surface area is 158 Å². The van der Waals surface area contributed by atoms with E-state index in [0.29, 0.717) is 18.7 Å². The van der Waals surface area contributed by atoms with Crippen LogP contribution in [0.3, 0.4) is 0 Å². The minimum Gasteiger partial charge on any atom is -0.369 e. The molecule has 0 aromatic heterocycles. The molecule has 7 heteroatoms. The van der Waals surface area contributed by atoms with Crippen molar-refractivity contribution in [2.24, 2.45) is 0 Å². The first kappa shape index (κ1) is 18.8. The zero-order valence-corrected chi connectivity index (χ0v) is 15.4. The van der Waals surface area contributed by atoms with Crippen LogP contribution in [0.4, 0.5) is 11.4 Å². The number of nitro benzene ring substituents is 1. The van der Waals surface area contributed by atoms with E-state index in [9.17, 15) is 14.9 Å². The molecule has 1 amide bonds. The van der Waals surface area contributed by atoms with Gasteiger partial charge >= 0.3 is 0 Å². The summed E-state index contributed by atoms with van der Waals surface area (Å²) in [6, 6.07) is 15.5. The fourth-order valence-electron chi connectivity index (χ4n) is 3.29. The molecule has 1 fully saturated rings. The van der Waals surface area contributed by atoms with Gasteiger partial charge in [0.25, 0.3) is 5.69 Å². The second kappa shape index (κ2) is 8.64. The Hall–Kier alpha value is -2.93. The van der Waals surface area contributed by atoms with Gasteiger partial charge in [-0.1, -0.05) is 30.3 Å². The van der Waals surface area contributed by atoms with Crippen LogP contribution in [0.1, 0.15) is 18.1 Å². The maximum atomic E-state index is 11.5. The third-order valence-corrected chi connectivity index (χ3v) is 4.78. The molecule has 2 aromatic carbocycles. The summed E-state index contributed by atoms with van der Waals surface area (Å²) < 4.78 is 0.